The molecule has 0 aromatic heterocycles. The van der Waals surface area contributed by atoms with Gasteiger partial charge in [0.25, 0.3) is 0 Å². The third-order valence-electron chi connectivity index (χ3n) is 3.30. The summed E-state index contributed by atoms with van der Waals surface area (Å²) in [6.45, 7) is 2.98. The zero-order valence-corrected chi connectivity index (χ0v) is 11.5. The van der Waals surface area contributed by atoms with Crippen LogP contribution in [0.25, 0.3) is 0 Å². The van der Waals surface area contributed by atoms with Crippen molar-refractivity contribution in [2.45, 2.75) is 31.8 Å². The lowest BCUT2D eigenvalue weighted by atomic mass is 10.00. The monoisotopic (exact) mass is 264 g/mol. The number of hydrogen-bond acceptors (Lipinski definition) is 4. The first kappa shape index (κ1) is 13.9. The van der Waals surface area contributed by atoms with E-state index in [0.29, 0.717) is 13.2 Å². The molecule has 1 aliphatic heterocycles. The van der Waals surface area contributed by atoms with Gasteiger partial charge in [0.1, 0.15) is 5.75 Å². The number of benzene rings is 1. The van der Waals surface area contributed by atoms with E-state index in [1.54, 1.807) is 7.11 Å². The van der Waals surface area contributed by atoms with Crippen molar-refractivity contribution >= 4 is 5.97 Å². The van der Waals surface area contributed by atoms with Gasteiger partial charge >= 0.3 is 5.97 Å². The summed E-state index contributed by atoms with van der Waals surface area (Å²) >= 11 is 0. The normalized spacial score (nSPS) is 20.9. The largest absolute Gasteiger partial charge is 0.497 e. The van der Waals surface area contributed by atoms with E-state index in [2.05, 4.69) is 6.92 Å². The maximum Gasteiger partial charge on any atom is 0.345 e. The molecule has 1 unspecified atom stereocenters. The Morgan fingerprint density at radius 3 is 2.53 bits per heavy atom. The van der Waals surface area contributed by atoms with Gasteiger partial charge in [0.2, 0.25) is 5.60 Å². The fourth-order valence-corrected chi connectivity index (χ4v) is 1.97. The summed E-state index contributed by atoms with van der Waals surface area (Å²) in [4.78, 5) is 12.1. The number of methoxy groups -OCH3 is 1. The van der Waals surface area contributed by atoms with E-state index in [9.17, 15) is 4.79 Å². The van der Waals surface area contributed by atoms with Crippen molar-refractivity contribution < 1.29 is 19.0 Å². The van der Waals surface area contributed by atoms with Crippen molar-refractivity contribution in [3.05, 3.63) is 29.8 Å². The van der Waals surface area contributed by atoms with Crippen LogP contribution in [0.3, 0.4) is 0 Å². The predicted octanol–water partition coefficient (Wildman–Crippen LogP) is 2.65. The second kappa shape index (κ2) is 6.06. The van der Waals surface area contributed by atoms with Crippen molar-refractivity contribution in [1.82, 2.24) is 0 Å². The van der Waals surface area contributed by atoms with Crippen LogP contribution in [0.1, 0.15) is 31.7 Å². The molecule has 19 heavy (non-hydrogen) atoms. The average Bonchev–Trinajstić information content (AvgIpc) is 3.25. The lowest BCUT2D eigenvalue weighted by Crippen LogP contribution is -2.25. The molecular weight excluding hydrogens is 244 g/mol. The molecule has 0 aliphatic carbocycles. The minimum absolute atomic E-state index is 0.284. The number of unbranched alkanes of at least 4 members (excludes halogenated alkanes) is 2. The second-order valence-corrected chi connectivity index (χ2v) is 4.69. The van der Waals surface area contributed by atoms with Crippen molar-refractivity contribution in [2.24, 2.45) is 0 Å². The number of carbonyl (C=O) groups excluding carboxylic acids is 1. The molecule has 1 saturated heterocycles. The van der Waals surface area contributed by atoms with Gasteiger partial charge in [-0.1, -0.05) is 31.9 Å². The van der Waals surface area contributed by atoms with E-state index < -0.39 is 5.60 Å². The van der Waals surface area contributed by atoms with Crippen LogP contribution in [0.15, 0.2) is 24.3 Å². The van der Waals surface area contributed by atoms with E-state index in [4.69, 9.17) is 14.2 Å². The standard InChI is InChI=1S/C15H20O4/c1-3-4-5-10-18-14(16)15(11-19-15)12-6-8-13(17-2)9-7-12/h6-9H,3-5,10-11H2,1-2H3. The zero-order valence-electron chi connectivity index (χ0n) is 11.5. The summed E-state index contributed by atoms with van der Waals surface area (Å²) in [6.07, 6.45) is 3.09. The maximum atomic E-state index is 12.1. The minimum atomic E-state index is -0.877. The highest BCUT2D eigenvalue weighted by Crippen LogP contribution is 2.40. The van der Waals surface area contributed by atoms with Crippen molar-refractivity contribution in [1.29, 1.82) is 0 Å². The Bertz CT molecular complexity index is 420. The Kier molecular flexibility index (Phi) is 4.43. The molecule has 104 valence electrons. The third-order valence-corrected chi connectivity index (χ3v) is 3.30. The summed E-state index contributed by atoms with van der Waals surface area (Å²) in [7, 11) is 1.61. The molecule has 1 heterocycles. The van der Waals surface area contributed by atoms with Crippen LogP contribution in [0.5, 0.6) is 5.75 Å². The highest BCUT2D eigenvalue weighted by atomic mass is 16.6. The molecule has 0 saturated carbocycles. The van der Waals surface area contributed by atoms with Crippen LogP contribution < -0.4 is 4.74 Å². The van der Waals surface area contributed by atoms with Crippen LogP contribution in [0.2, 0.25) is 0 Å². The van der Waals surface area contributed by atoms with Crippen LogP contribution in [0.4, 0.5) is 0 Å². The van der Waals surface area contributed by atoms with Crippen LogP contribution >= 0.6 is 0 Å². The molecule has 0 amide bonds. The Morgan fingerprint density at radius 1 is 1.32 bits per heavy atom. The third kappa shape index (κ3) is 3.07. The Hall–Kier alpha value is -1.55. The predicted molar refractivity (Wildman–Crippen MR) is 71.1 cm³/mol. The highest BCUT2D eigenvalue weighted by Gasteiger charge is 2.55. The number of rotatable bonds is 7. The Morgan fingerprint density at radius 2 is 2.00 bits per heavy atom. The molecule has 1 atom stereocenters. The van der Waals surface area contributed by atoms with Gasteiger partial charge in [-0.2, -0.15) is 0 Å². The van der Waals surface area contributed by atoms with E-state index >= 15 is 0 Å². The quantitative estimate of drug-likeness (QED) is 0.431. The first-order valence-electron chi connectivity index (χ1n) is 6.68. The molecule has 1 fully saturated rings. The fraction of sp³-hybridized carbons (Fsp3) is 0.533. The maximum absolute atomic E-state index is 12.1. The summed E-state index contributed by atoms with van der Waals surface area (Å²) in [6, 6.07) is 7.34. The van der Waals surface area contributed by atoms with Gasteiger partial charge in [-0.15, -0.1) is 0 Å². The number of hydrogen-bond donors (Lipinski definition) is 0. The van der Waals surface area contributed by atoms with E-state index in [1.165, 1.54) is 0 Å². The number of ether oxygens (including phenoxy) is 3. The van der Waals surface area contributed by atoms with Crippen molar-refractivity contribution in [3.8, 4) is 5.75 Å². The Labute approximate surface area is 113 Å². The second-order valence-electron chi connectivity index (χ2n) is 4.69. The van der Waals surface area contributed by atoms with E-state index in [1.807, 2.05) is 24.3 Å². The molecule has 0 N–H and O–H groups in total. The minimum Gasteiger partial charge on any atom is -0.497 e. The smallest absolute Gasteiger partial charge is 0.345 e. The zero-order chi connectivity index (χ0) is 13.7. The van der Waals surface area contributed by atoms with E-state index in [-0.39, 0.29) is 5.97 Å². The first-order valence-corrected chi connectivity index (χ1v) is 6.68. The summed E-state index contributed by atoms with van der Waals surface area (Å²) in [5.41, 5.74) is -0.0489. The molecular formula is C15H20O4. The average molecular weight is 264 g/mol. The lowest BCUT2D eigenvalue weighted by molar-refractivity contribution is -0.150. The summed E-state index contributed by atoms with van der Waals surface area (Å²) in [5.74, 6) is 0.477. The van der Waals surface area contributed by atoms with Crippen LogP contribution in [-0.2, 0) is 19.9 Å². The van der Waals surface area contributed by atoms with E-state index in [0.717, 1.165) is 30.6 Å². The molecule has 2 rings (SSSR count). The van der Waals surface area contributed by atoms with Gasteiger partial charge in [-0.05, 0) is 24.1 Å². The number of epoxide rings is 1. The van der Waals surface area contributed by atoms with Crippen LogP contribution in [-0.4, -0.2) is 26.3 Å². The van der Waals surface area contributed by atoms with Crippen molar-refractivity contribution in [3.63, 3.8) is 0 Å². The highest BCUT2D eigenvalue weighted by molar-refractivity contribution is 5.84. The molecule has 0 spiro atoms. The van der Waals surface area contributed by atoms with Gasteiger partial charge in [0.05, 0.1) is 20.3 Å². The number of esters is 1. The van der Waals surface area contributed by atoms with Gasteiger partial charge in [0, 0.05) is 0 Å². The molecule has 1 aromatic carbocycles. The summed E-state index contributed by atoms with van der Waals surface area (Å²) < 4.78 is 15.7. The fourth-order valence-electron chi connectivity index (χ4n) is 1.97. The van der Waals surface area contributed by atoms with Gasteiger partial charge in [-0.3, -0.25) is 0 Å². The molecule has 1 aromatic rings. The number of carbonyl (C=O) groups is 1. The molecule has 4 nitrogen and oxygen atoms in total. The van der Waals surface area contributed by atoms with Crippen LogP contribution in [0, 0.1) is 0 Å². The van der Waals surface area contributed by atoms with Crippen molar-refractivity contribution in [2.75, 3.05) is 20.3 Å². The SMILES string of the molecule is CCCCCOC(=O)C1(c2ccc(OC)cc2)CO1. The van der Waals surface area contributed by atoms with Gasteiger partial charge in [-0.25, -0.2) is 4.79 Å². The molecule has 0 radical (unpaired) electrons. The topological polar surface area (TPSA) is 48.1 Å². The lowest BCUT2D eigenvalue weighted by Gasteiger charge is -2.12. The summed E-state index contributed by atoms with van der Waals surface area (Å²) in [5, 5.41) is 0. The van der Waals surface area contributed by atoms with Gasteiger partial charge in [0.15, 0.2) is 0 Å². The molecule has 0 bridgehead atoms. The first-order chi connectivity index (χ1) is 9.23. The Balaban J connectivity index is 1.95. The van der Waals surface area contributed by atoms with Gasteiger partial charge < -0.3 is 14.2 Å². The molecule has 1 aliphatic rings. The molecule has 4 heteroatoms.